The van der Waals surface area contributed by atoms with Crippen LogP contribution in [0.5, 0.6) is 5.75 Å². The third kappa shape index (κ3) is 2.68. The lowest BCUT2D eigenvalue weighted by atomic mass is 10.1. The van der Waals surface area contributed by atoms with E-state index in [2.05, 4.69) is 0 Å². The van der Waals surface area contributed by atoms with E-state index in [1.54, 1.807) is 0 Å². The van der Waals surface area contributed by atoms with Crippen LogP contribution >= 0.6 is 0 Å². The van der Waals surface area contributed by atoms with Crippen LogP contribution in [0.2, 0.25) is 0 Å². The second kappa shape index (κ2) is 5.59. The summed E-state index contributed by atoms with van der Waals surface area (Å²) >= 11 is 0. The number of nitrogen functional groups attached to an aromatic ring is 1. The van der Waals surface area contributed by atoms with Crippen LogP contribution in [0.1, 0.15) is 5.56 Å². The van der Waals surface area contributed by atoms with Crippen LogP contribution in [0, 0.1) is 0 Å². The zero-order valence-corrected chi connectivity index (χ0v) is 12.5. The molecule has 2 aromatic carbocycles. The average molecular weight is 335 g/mol. The molecule has 0 atom stereocenters. The predicted molar refractivity (Wildman–Crippen MR) is 83.9 cm³/mol. The topological polar surface area (TPSA) is 65.5 Å². The van der Waals surface area contributed by atoms with E-state index in [1.165, 1.54) is 37.4 Å². The molecule has 0 amide bonds. The van der Waals surface area contributed by atoms with E-state index in [1.807, 2.05) is 0 Å². The molecule has 1 heterocycles. The summed E-state index contributed by atoms with van der Waals surface area (Å²) in [4.78, 5) is 12.5. The summed E-state index contributed by atoms with van der Waals surface area (Å²) in [5.74, 6) is -0.238. The van der Waals surface area contributed by atoms with Gasteiger partial charge in [-0.1, -0.05) is 12.1 Å². The summed E-state index contributed by atoms with van der Waals surface area (Å²) in [5.41, 5.74) is 4.98. The highest BCUT2D eigenvalue weighted by molar-refractivity contribution is 5.84. The highest BCUT2D eigenvalue weighted by Gasteiger charge is 2.31. The lowest BCUT2D eigenvalue weighted by Crippen LogP contribution is -2.09. The Labute approximate surface area is 134 Å². The van der Waals surface area contributed by atoms with Gasteiger partial charge in [-0.15, -0.1) is 0 Å². The van der Waals surface area contributed by atoms with Crippen LogP contribution in [0.4, 0.5) is 18.9 Å². The summed E-state index contributed by atoms with van der Waals surface area (Å²) in [6.07, 6.45) is -4.51. The van der Waals surface area contributed by atoms with Crippen LogP contribution in [0.15, 0.2) is 51.7 Å². The standard InChI is InChI=1S/C17H12F3NO3/c1-23-16-14(22)12-8-11(21)5-6-13(12)24-15(16)9-3-2-4-10(7-9)17(18,19)20/h2-8H,21H2,1H3. The van der Waals surface area contributed by atoms with Gasteiger partial charge in [-0.3, -0.25) is 4.79 Å². The number of alkyl halides is 3. The highest BCUT2D eigenvalue weighted by atomic mass is 19.4. The Morgan fingerprint density at radius 2 is 1.88 bits per heavy atom. The van der Waals surface area contributed by atoms with Crippen molar-refractivity contribution in [2.45, 2.75) is 6.18 Å². The van der Waals surface area contributed by atoms with Gasteiger partial charge in [0.15, 0.2) is 5.76 Å². The van der Waals surface area contributed by atoms with Crippen LogP contribution in [-0.2, 0) is 6.18 Å². The molecule has 7 heteroatoms. The largest absolute Gasteiger partial charge is 0.490 e. The van der Waals surface area contributed by atoms with Crippen molar-refractivity contribution in [2.24, 2.45) is 0 Å². The minimum Gasteiger partial charge on any atom is -0.490 e. The van der Waals surface area contributed by atoms with Crippen LogP contribution in [-0.4, -0.2) is 7.11 Å². The molecule has 2 N–H and O–H groups in total. The summed E-state index contributed by atoms with van der Waals surface area (Å²) in [5, 5.41) is 0.197. The first-order valence-corrected chi connectivity index (χ1v) is 6.89. The maximum atomic E-state index is 12.9. The van der Waals surface area contributed by atoms with Crippen LogP contribution in [0.3, 0.4) is 0 Å². The van der Waals surface area contributed by atoms with Crippen molar-refractivity contribution < 1.29 is 22.3 Å². The SMILES string of the molecule is COc1c(-c2cccc(C(F)(F)F)c2)oc2ccc(N)cc2c1=O. The number of rotatable bonds is 2. The summed E-state index contributed by atoms with van der Waals surface area (Å²) in [7, 11) is 1.25. The summed E-state index contributed by atoms with van der Waals surface area (Å²) < 4.78 is 49.4. The van der Waals surface area contributed by atoms with Crippen LogP contribution < -0.4 is 15.9 Å². The molecule has 4 nitrogen and oxygen atoms in total. The lowest BCUT2D eigenvalue weighted by molar-refractivity contribution is -0.137. The smallest absolute Gasteiger partial charge is 0.416 e. The summed E-state index contributed by atoms with van der Waals surface area (Å²) in [6.45, 7) is 0. The highest BCUT2D eigenvalue weighted by Crippen LogP contribution is 2.35. The molecule has 1 aromatic heterocycles. The molecular formula is C17H12F3NO3. The van der Waals surface area contributed by atoms with Gasteiger partial charge in [-0.25, -0.2) is 0 Å². The Bertz CT molecular complexity index is 977. The fraction of sp³-hybridized carbons (Fsp3) is 0.118. The Hall–Kier alpha value is -2.96. The van der Waals surface area contributed by atoms with Gasteiger partial charge >= 0.3 is 6.18 Å². The van der Waals surface area contributed by atoms with Crippen molar-refractivity contribution in [3.05, 3.63) is 58.3 Å². The van der Waals surface area contributed by atoms with Crippen molar-refractivity contribution in [2.75, 3.05) is 12.8 Å². The first kappa shape index (κ1) is 15.9. The predicted octanol–water partition coefficient (Wildman–Crippen LogP) is 4.07. The average Bonchev–Trinajstić information content (AvgIpc) is 2.54. The Morgan fingerprint density at radius 1 is 1.12 bits per heavy atom. The number of fused-ring (bicyclic) bond motifs is 1. The first-order chi connectivity index (χ1) is 11.3. The molecule has 24 heavy (non-hydrogen) atoms. The van der Waals surface area contributed by atoms with Gasteiger partial charge < -0.3 is 14.9 Å². The Balaban J connectivity index is 2.30. The van der Waals surface area contributed by atoms with Crippen molar-refractivity contribution >= 4 is 16.7 Å². The van der Waals surface area contributed by atoms with Gasteiger partial charge in [0.25, 0.3) is 0 Å². The van der Waals surface area contributed by atoms with Gasteiger partial charge in [0.05, 0.1) is 18.1 Å². The molecule has 0 aliphatic heterocycles. The monoisotopic (exact) mass is 335 g/mol. The van der Waals surface area contributed by atoms with Crippen molar-refractivity contribution in [3.8, 4) is 17.1 Å². The number of anilines is 1. The quantitative estimate of drug-likeness (QED) is 0.717. The Kier molecular flexibility index (Phi) is 3.71. The van der Waals surface area contributed by atoms with Crippen molar-refractivity contribution in [1.82, 2.24) is 0 Å². The molecule has 3 aromatic rings. The normalized spacial score (nSPS) is 11.7. The summed E-state index contributed by atoms with van der Waals surface area (Å²) in [6, 6.07) is 8.96. The Morgan fingerprint density at radius 3 is 2.54 bits per heavy atom. The molecule has 0 radical (unpaired) electrons. The molecule has 0 saturated heterocycles. The van der Waals surface area contributed by atoms with Gasteiger partial charge in [-0.05, 0) is 30.3 Å². The minimum atomic E-state index is -4.51. The fourth-order valence-corrected chi connectivity index (χ4v) is 2.41. The van der Waals surface area contributed by atoms with Crippen molar-refractivity contribution in [3.63, 3.8) is 0 Å². The molecule has 0 aliphatic carbocycles. The van der Waals surface area contributed by atoms with E-state index in [-0.39, 0.29) is 28.0 Å². The number of hydrogen-bond acceptors (Lipinski definition) is 4. The molecule has 0 aliphatic rings. The van der Waals surface area contributed by atoms with Crippen molar-refractivity contribution in [1.29, 1.82) is 0 Å². The second-order valence-corrected chi connectivity index (χ2v) is 5.13. The molecular weight excluding hydrogens is 323 g/mol. The van der Waals surface area contributed by atoms with Gasteiger partial charge in [0.2, 0.25) is 11.2 Å². The molecule has 0 spiro atoms. The fourth-order valence-electron chi connectivity index (χ4n) is 2.41. The molecule has 0 saturated carbocycles. The van der Waals surface area contributed by atoms with E-state index in [4.69, 9.17) is 14.9 Å². The lowest BCUT2D eigenvalue weighted by Gasteiger charge is -2.11. The van der Waals surface area contributed by atoms with E-state index >= 15 is 0 Å². The number of ether oxygens (including phenoxy) is 1. The van der Waals surface area contributed by atoms with E-state index < -0.39 is 17.2 Å². The zero-order chi connectivity index (χ0) is 17.5. The van der Waals surface area contributed by atoms with Crippen LogP contribution in [0.25, 0.3) is 22.3 Å². The number of benzene rings is 2. The zero-order valence-electron chi connectivity index (χ0n) is 12.5. The van der Waals surface area contributed by atoms with Gasteiger partial charge in [0, 0.05) is 11.3 Å². The third-order valence-electron chi connectivity index (χ3n) is 3.53. The maximum absolute atomic E-state index is 12.9. The van der Waals surface area contributed by atoms with Gasteiger partial charge in [-0.2, -0.15) is 13.2 Å². The molecule has 0 fully saturated rings. The molecule has 0 unspecified atom stereocenters. The second-order valence-electron chi connectivity index (χ2n) is 5.13. The van der Waals surface area contributed by atoms with E-state index in [0.717, 1.165) is 12.1 Å². The number of nitrogens with two attached hydrogens (primary N) is 1. The third-order valence-corrected chi connectivity index (χ3v) is 3.53. The molecule has 3 rings (SSSR count). The molecule has 0 bridgehead atoms. The van der Waals surface area contributed by atoms with Gasteiger partial charge in [0.1, 0.15) is 5.58 Å². The minimum absolute atomic E-state index is 0.0640. The number of hydrogen-bond donors (Lipinski definition) is 1. The number of halogens is 3. The molecule has 124 valence electrons. The van der Waals surface area contributed by atoms with E-state index in [0.29, 0.717) is 5.69 Å². The van der Waals surface area contributed by atoms with E-state index in [9.17, 15) is 18.0 Å². The maximum Gasteiger partial charge on any atom is 0.416 e. The number of methoxy groups -OCH3 is 1. The first-order valence-electron chi connectivity index (χ1n) is 6.89.